The third kappa shape index (κ3) is 2.59. The Kier molecular flexibility index (Phi) is 3.54. The molecule has 1 rings (SSSR count). The predicted octanol–water partition coefficient (Wildman–Crippen LogP) is -0.0841. The highest BCUT2D eigenvalue weighted by molar-refractivity contribution is 6.18. The summed E-state index contributed by atoms with van der Waals surface area (Å²) >= 11 is 5.44. The fourth-order valence-corrected chi connectivity index (χ4v) is 1.37. The van der Waals surface area contributed by atoms with Crippen molar-refractivity contribution in [3.05, 3.63) is 0 Å². The monoisotopic (exact) mass is 204 g/mol. The normalized spacial score (nSPS) is 17.8. The predicted molar refractivity (Wildman–Crippen MR) is 49.6 cm³/mol. The van der Waals surface area contributed by atoms with E-state index in [0.717, 1.165) is 0 Å². The molecule has 0 aromatic rings. The van der Waals surface area contributed by atoms with E-state index in [1.807, 2.05) is 0 Å². The van der Waals surface area contributed by atoms with Gasteiger partial charge in [-0.05, 0) is 0 Å². The van der Waals surface area contributed by atoms with Gasteiger partial charge in [0.2, 0.25) is 11.8 Å². The molecule has 1 aliphatic rings. The van der Waals surface area contributed by atoms with Gasteiger partial charge < -0.3 is 9.80 Å². The molecule has 4 nitrogen and oxygen atoms in total. The molecule has 0 aromatic carbocycles. The highest BCUT2D eigenvalue weighted by atomic mass is 35.5. The first-order chi connectivity index (χ1) is 6.15. The SMILES string of the molecule is CN1CCN(C(=O)CCCl)CC1=O. The Hall–Kier alpha value is -0.770. The molecule has 0 bridgehead atoms. The second kappa shape index (κ2) is 4.46. The quantitative estimate of drug-likeness (QED) is 0.591. The molecule has 0 N–H and O–H groups in total. The number of hydrogen-bond acceptors (Lipinski definition) is 2. The lowest BCUT2D eigenvalue weighted by Crippen LogP contribution is -2.50. The van der Waals surface area contributed by atoms with Gasteiger partial charge in [-0.3, -0.25) is 9.59 Å². The van der Waals surface area contributed by atoms with Gasteiger partial charge in [0.05, 0.1) is 6.54 Å². The summed E-state index contributed by atoms with van der Waals surface area (Å²) in [5.74, 6) is 0.282. The maximum atomic E-state index is 11.3. The van der Waals surface area contributed by atoms with E-state index in [1.165, 1.54) is 0 Å². The Morgan fingerprint density at radius 3 is 2.77 bits per heavy atom. The van der Waals surface area contributed by atoms with Crippen molar-refractivity contribution < 1.29 is 9.59 Å². The molecule has 0 unspecified atom stereocenters. The summed E-state index contributed by atoms with van der Waals surface area (Å²) in [6, 6.07) is 0. The second-order valence-corrected chi connectivity index (χ2v) is 3.45. The smallest absolute Gasteiger partial charge is 0.241 e. The summed E-state index contributed by atoms with van der Waals surface area (Å²) < 4.78 is 0. The Morgan fingerprint density at radius 1 is 1.54 bits per heavy atom. The number of carbonyl (C=O) groups is 2. The van der Waals surface area contributed by atoms with Crippen molar-refractivity contribution in [2.24, 2.45) is 0 Å². The van der Waals surface area contributed by atoms with Crippen LogP contribution < -0.4 is 0 Å². The number of alkyl halides is 1. The maximum absolute atomic E-state index is 11.3. The topological polar surface area (TPSA) is 40.6 Å². The molecular formula is C8H13ClN2O2. The van der Waals surface area contributed by atoms with E-state index >= 15 is 0 Å². The Morgan fingerprint density at radius 2 is 2.23 bits per heavy atom. The van der Waals surface area contributed by atoms with Gasteiger partial charge in [-0.1, -0.05) is 0 Å². The van der Waals surface area contributed by atoms with Gasteiger partial charge in [-0.25, -0.2) is 0 Å². The number of carbonyl (C=O) groups excluding carboxylic acids is 2. The summed E-state index contributed by atoms with van der Waals surface area (Å²) in [5, 5.41) is 0. The van der Waals surface area contributed by atoms with Crippen LogP contribution in [0.15, 0.2) is 0 Å². The lowest BCUT2D eigenvalue weighted by molar-refractivity contribution is -0.143. The Labute approximate surface area is 82.4 Å². The number of hydrogen-bond donors (Lipinski definition) is 0. The summed E-state index contributed by atoms with van der Waals surface area (Å²) in [4.78, 5) is 25.7. The van der Waals surface area contributed by atoms with Crippen molar-refractivity contribution in [2.45, 2.75) is 6.42 Å². The number of piperazine rings is 1. The fourth-order valence-electron chi connectivity index (χ4n) is 1.21. The van der Waals surface area contributed by atoms with Gasteiger partial charge in [0.15, 0.2) is 0 Å². The molecule has 1 fully saturated rings. The van der Waals surface area contributed by atoms with Crippen LogP contribution in [0, 0.1) is 0 Å². The average Bonchev–Trinajstić information content (AvgIpc) is 2.10. The molecule has 0 spiro atoms. The minimum atomic E-state index is -0.0311. The van der Waals surface area contributed by atoms with Crippen LogP contribution in [0.3, 0.4) is 0 Å². The lowest BCUT2D eigenvalue weighted by atomic mass is 10.3. The van der Waals surface area contributed by atoms with E-state index in [9.17, 15) is 9.59 Å². The molecule has 0 aliphatic carbocycles. The van der Waals surface area contributed by atoms with E-state index in [0.29, 0.717) is 25.4 Å². The molecule has 0 aromatic heterocycles. The average molecular weight is 205 g/mol. The van der Waals surface area contributed by atoms with Gasteiger partial charge in [-0.2, -0.15) is 0 Å². The van der Waals surface area contributed by atoms with Crippen molar-refractivity contribution in [1.29, 1.82) is 0 Å². The molecule has 1 heterocycles. The largest absolute Gasteiger partial charge is 0.342 e. The van der Waals surface area contributed by atoms with Crippen LogP contribution in [0.5, 0.6) is 0 Å². The van der Waals surface area contributed by atoms with E-state index < -0.39 is 0 Å². The van der Waals surface area contributed by atoms with Crippen LogP contribution in [0.4, 0.5) is 0 Å². The minimum absolute atomic E-state index is 0.00540. The first-order valence-electron chi connectivity index (χ1n) is 4.23. The molecular weight excluding hydrogens is 192 g/mol. The molecule has 2 amide bonds. The number of rotatable bonds is 2. The first-order valence-corrected chi connectivity index (χ1v) is 4.76. The van der Waals surface area contributed by atoms with E-state index in [1.54, 1.807) is 16.8 Å². The molecule has 5 heteroatoms. The van der Waals surface area contributed by atoms with Gasteiger partial charge in [0.1, 0.15) is 0 Å². The zero-order chi connectivity index (χ0) is 9.84. The van der Waals surface area contributed by atoms with Crippen LogP contribution in [0.25, 0.3) is 0 Å². The summed E-state index contributed by atoms with van der Waals surface area (Å²) in [6.07, 6.45) is 0.318. The van der Waals surface area contributed by atoms with Crippen LogP contribution >= 0.6 is 11.6 Å². The zero-order valence-corrected chi connectivity index (χ0v) is 8.38. The van der Waals surface area contributed by atoms with Crippen molar-refractivity contribution in [3.8, 4) is 0 Å². The third-order valence-corrected chi connectivity index (χ3v) is 2.31. The van der Waals surface area contributed by atoms with Crippen LogP contribution in [-0.4, -0.2) is 54.2 Å². The van der Waals surface area contributed by atoms with Crippen LogP contribution in [0.2, 0.25) is 0 Å². The standard InChI is InChI=1S/C8H13ClN2O2/c1-10-4-5-11(6-8(10)13)7(12)2-3-9/h2-6H2,1H3. The number of halogens is 1. The summed E-state index contributed by atoms with van der Waals surface area (Å²) in [7, 11) is 1.74. The fraction of sp³-hybridized carbons (Fsp3) is 0.750. The molecule has 0 radical (unpaired) electrons. The first kappa shape index (κ1) is 10.3. The highest BCUT2D eigenvalue weighted by Crippen LogP contribution is 2.03. The van der Waals surface area contributed by atoms with Gasteiger partial charge in [0.25, 0.3) is 0 Å². The molecule has 0 saturated carbocycles. The molecule has 1 aliphatic heterocycles. The van der Waals surface area contributed by atoms with Crippen molar-refractivity contribution in [2.75, 3.05) is 32.6 Å². The number of amides is 2. The minimum Gasteiger partial charge on any atom is -0.342 e. The maximum Gasteiger partial charge on any atom is 0.241 e. The third-order valence-electron chi connectivity index (χ3n) is 2.12. The van der Waals surface area contributed by atoms with E-state index in [4.69, 9.17) is 11.6 Å². The summed E-state index contributed by atoms with van der Waals surface area (Å²) in [5.41, 5.74) is 0. The van der Waals surface area contributed by atoms with Crippen molar-refractivity contribution in [3.63, 3.8) is 0 Å². The van der Waals surface area contributed by atoms with Crippen LogP contribution in [0.1, 0.15) is 6.42 Å². The molecule has 0 atom stereocenters. The number of nitrogens with zero attached hydrogens (tertiary/aromatic N) is 2. The summed E-state index contributed by atoms with van der Waals surface area (Å²) in [6.45, 7) is 1.44. The lowest BCUT2D eigenvalue weighted by Gasteiger charge is -2.31. The van der Waals surface area contributed by atoms with E-state index in [2.05, 4.69) is 0 Å². The molecule has 74 valence electrons. The van der Waals surface area contributed by atoms with Crippen molar-refractivity contribution >= 4 is 23.4 Å². The molecule has 1 saturated heterocycles. The van der Waals surface area contributed by atoms with Gasteiger partial charge in [0, 0.05) is 32.4 Å². The Balaban J connectivity index is 2.45. The van der Waals surface area contributed by atoms with Gasteiger partial charge >= 0.3 is 0 Å². The highest BCUT2D eigenvalue weighted by Gasteiger charge is 2.23. The zero-order valence-electron chi connectivity index (χ0n) is 7.62. The Bertz CT molecular complexity index is 220. The van der Waals surface area contributed by atoms with E-state index in [-0.39, 0.29) is 18.4 Å². The second-order valence-electron chi connectivity index (χ2n) is 3.07. The van der Waals surface area contributed by atoms with Gasteiger partial charge in [-0.15, -0.1) is 11.6 Å². The van der Waals surface area contributed by atoms with Crippen molar-refractivity contribution in [1.82, 2.24) is 9.80 Å². The van der Waals surface area contributed by atoms with Crippen LogP contribution in [-0.2, 0) is 9.59 Å². The molecule has 13 heavy (non-hydrogen) atoms. The number of likely N-dealkylation sites (N-methyl/N-ethyl adjacent to an activating group) is 1.